The minimum atomic E-state index is -0.387. The van der Waals surface area contributed by atoms with Gasteiger partial charge in [-0.1, -0.05) is 30.3 Å². The molecule has 128 valence electrons. The molecule has 1 atom stereocenters. The van der Waals surface area contributed by atoms with Gasteiger partial charge in [0.25, 0.3) is 5.69 Å². The zero-order chi connectivity index (χ0) is 17.9. The molecular weight excluding hydrogens is 328 g/mol. The van der Waals surface area contributed by atoms with Crippen molar-refractivity contribution in [3.63, 3.8) is 0 Å². The highest BCUT2D eigenvalue weighted by atomic mass is 16.6. The third-order valence-corrected chi connectivity index (χ3v) is 4.40. The van der Waals surface area contributed by atoms with Gasteiger partial charge in [-0.2, -0.15) is 0 Å². The van der Waals surface area contributed by atoms with Crippen LogP contribution in [0.15, 0.2) is 85.7 Å². The van der Waals surface area contributed by atoms with Crippen molar-refractivity contribution in [3.8, 4) is 11.1 Å². The number of hydrogen-bond donors (Lipinski definition) is 1. The molecular formula is C20H16N4O2. The monoisotopic (exact) mass is 344 g/mol. The van der Waals surface area contributed by atoms with E-state index >= 15 is 0 Å². The van der Waals surface area contributed by atoms with Gasteiger partial charge in [0.15, 0.2) is 0 Å². The number of nitrogens with one attached hydrogen (secondary N) is 1. The summed E-state index contributed by atoms with van der Waals surface area (Å²) >= 11 is 0. The van der Waals surface area contributed by atoms with E-state index in [-0.39, 0.29) is 16.7 Å². The van der Waals surface area contributed by atoms with E-state index in [9.17, 15) is 10.1 Å². The molecule has 2 aromatic heterocycles. The Bertz CT molecular complexity index is 1010. The smallest absolute Gasteiger partial charge is 0.269 e. The number of non-ortho nitro benzene ring substituents is 1. The van der Waals surface area contributed by atoms with Gasteiger partial charge in [-0.05, 0) is 23.3 Å². The van der Waals surface area contributed by atoms with Crippen LogP contribution < -0.4 is 0 Å². The van der Waals surface area contributed by atoms with Crippen molar-refractivity contribution in [2.45, 2.75) is 6.04 Å². The molecule has 0 bridgehead atoms. The second-order valence-corrected chi connectivity index (χ2v) is 5.95. The van der Waals surface area contributed by atoms with Crippen molar-refractivity contribution >= 4 is 5.69 Å². The lowest BCUT2D eigenvalue weighted by atomic mass is 9.94. The molecule has 0 aliphatic heterocycles. The van der Waals surface area contributed by atoms with Crippen LogP contribution in [0.25, 0.3) is 11.1 Å². The fourth-order valence-electron chi connectivity index (χ4n) is 3.18. The molecule has 2 heterocycles. The molecule has 26 heavy (non-hydrogen) atoms. The lowest BCUT2D eigenvalue weighted by Crippen LogP contribution is -2.11. The standard InChI is InChI=1S/C20H16N4O2/c25-24(26)17-8-6-16(7-9-17)20(23-11-10-21-14-23)19-13-22-12-18(19)15-4-2-1-3-5-15/h1-14,20,22H/t20-/m0/s1. The normalized spacial score (nSPS) is 12.0. The molecule has 0 spiro atoms. The summed E-state index contributed by atoms with van der Waals surface area (Å²) in [5, 5.41) is 11.0. The number of rotatable bonds is 5. The number of imidazole rings is 1. The van der Waals surface area contributed by atoms with Crippen molar-refractivity contribution in [1.82, 2.24) is 14.5 Å². The molecule has 2 aromatic carbocycles. The number of hydrogen-bond acceptors (Lipinski definition) is 3. The molecule has 0 aliphatic carbocycles. The number of aromatic amines is 1. The number of H-pyrrole nitrogens is 1. The van der Waals surface area contributed by atoms with Crippen LogP contribution in [0.4, 0.5) is 5.69 Å². The first kappa shape index (κ1) is 15.8. The summed E-state index contributed by atoms with van der Waals surface area (Å²) in [6.07, 6.45) is 9.32. The van der Waals surface area contributed by atoms with E-state index in [0.717, 1.165) is 22.3 Å². The Morgan fingerprint density at radius 2 is 1.81 bits per heavy atom. The number of nitro groups is 1. The Labute approximate surface area is 149 Å². The number of nitrogens with zero attached hydrogens (tertiary/aromatic N) is 3. The molecule has 1 N–H and O–H groups in total. The number of aromatic nitrogens is 3. The summed E-state index contributed by atoms with van der Waals surface area (Å²) in [7, 11) is 0. The Morgan fingerprint density at radius 3 is 2.46 bits per heavy atom. The fraction of sp³-hybridized carbons (Fsp3) is 0.0500. The number of benzene rings is 2. The van der Waals surface area contributed by atoms with E-state index in [1.54, 1.807) is 24.7 Å². The highest BCUT2D eigenvalue weighted by molar-refractivity contribution is 5.68. The van der Waals surface area contributed by atoms with Gasteiger partial charge in [-0.15, -0.1) is 0 Å². The number of nitro benzene ring substituents is 1. The van der Waals surface area contributed by atoms with Gasteiger partial charge in [0.05, 0.1) is 17.3 Å². The van der Waals surface area contributed by atoms with Crippen LogP contribution >= 0.6 is 0 Å². The van der Waals surface area contributed by atoms with Crippen molar-refractivity contribution in [2.75, 3.05) is 0 Å². The molecule has 0 saturated carbocycles. The third kappa shape index (κ3) is 2.88. The molecule has 4 aromatic rings. The van der Waals surface area contributed by atoms with Gasteiger partial charge >= 0.3 is 0 Å². The van der Waals surface area contributed by atoms with Gasteiger partial charge in [-0.25, -0.2) is 4.98 Å². The van der Waals surface area contributed by atoms with Gasteiger partial charge < -0.3 is 9.55 Å². The topological polar surface area (TPSA) is 76.8 Å². The maximum Gasteiger partial charge on any atom is 0.269 e. The lowest BCUT2D eigenvalue weighted by molar-refractivity contribution is -0.384. The first-order valence-corrected chi connectivity index (χ1v) is 8.18. The summed E-state index contributed by atoms with van der Waals surface area (Å²) in [4.78, 5) is 17.9. The third-order valence-electron chi connectivity index (χ3n) is 4.40. The maximum absolute atomic E-state index is 11.0. The van der Waals surface area contributed by atoms with Crippen molar-refractivity contribution in [3.05, 3.63) is 107 Å². The minimum Gasteiger partial charge on any atom is -0.367 e. The van der Waals surface area contributed by atoms with Gasteiger partial charge in [0, 0.05) is 48.0 Å². The first-order chi connectivity index (χ1) is 12.7. The molecule has 4 rings (SSSR count). The average Bonchev–Trinajstić information content (AvgIpc) is 3.36. The lowest BCUT2D eigenvalue weighted by Gasteiger charge is -2.20. The second kappa shape index (κ2) is 6.68. The predicted octanol–water partition coefficient (Wildman–Crippen LogP) is 4.42. The minimum absolute atomic E-state index is 0.0792. The summed E-state index contributed by atoms with van der Waals surface area (Å²) < 4.78 is 2.00. The van der Waals surface area contributed by atoms with E-state index in [2.05, 4.69) is 22.1 Å². The zero-order valence-electron chi connectivity index (χ0n) is 13.8. The molecule has 6 nitrogen and oxygen atoms in total. The maximum atomic E-state index is 11.0. The fourth-order valence-corrected chi connectivity index (χ4v) is 3.18. The summed E-state index contributed by atoms with van der Waals surface area (Å²) in [6, 6.07) is 16.6. The van der Waals surface area contributed by atoms with E-state index in [1.807, 2.05) is 41.4 Å². The van der Waals surface area contributed by atoms with Crippen LogP contribution in [0.5, 0.6) is 0 Å². The zero-order valence-corrected chi connectivity index (χ0v) is 13.8. The van der Waals surface area contributed by atoms with Crippen molar-refractivity contribution in [2.24, 2.45) is 0 Å². The summed E-state index contributed by atoms with van der Waals surface area (Å²) in [6.45, 7) is 0. The van der Waals surface area contributed by atoms with Crippen LogP contribution in [0.2, 0.25) is 0 Å². The molecule has 0 unspecified atom stereocenters. The molecule has 0 radical (unpaired) electrons. The van der Waals surface area contributed by atoms with Crippen LogP contribution in [-0.4, -0.2) is 19.5 Å². The average molecular weight is 344 g/mol. The molecule has 0 saturated heterocycles. The Kier molecular flexibility index (Phi) is 4.07. The highest BCUT2D eigenvalue weighted by Gasteiger charge is 2.21. The van der Waals surface area contributed by atoms with Crippen LogP contribution in [0.1, 0.15) is 17.2 Å². The molecule has 0 amide bonds. The highest BCUT2D eigenvalue weighted by Crippen LogP contribution is 2.35. The van der Waals surface area contributed by atoms with Crippen LogP contribution in [-0.2, 0) is 0 Å². The van der Waals surface area contributed by atoms with E-state index < -0.39 is 0 Å². The van der Waals surface area contributed by atoms with E-state index in [4.69, 9.17) is 0 Å². The van der Waals surface area contributed by atoms with E-state index in [0.29, 0.717) is 0 Å². The largest absolute Gasteiger partial charge is 0.367 e. The quantitative estimate of drug-likeness (QED) is 0.430. The van der Waals surface area contributed by atoms with Crippen molar-refractivity contribution in [1.29, 1.82) is 0 Å². The Morgan fingerprint density at radius 1 is 1.04 bits per heavy atom. The Balaban J connectivity index is 1.84. The van der Waals surface area contributed by atoms with Crippen LogP contribution in [0, 0.1) is 10.1 Å². The van der Waals surface area contributed by atoms with Gasteiger partial charge in [-0.3, -0.25) is 10.1 Å². The second-order valence-electron chi connectivity index (χ2n) is 5.95. The molecule has 0 aliphatic rings. The van der Waals surface area contributed by atoms with Gasteiger partial charge in [0.1, 0.15) is 0 Å². The molecule has 6 heteroatoms. The van der Waals surface area contributed by atoms with Gasteiger partial charge in [0.2, 0.25) is 0 Å². The Hall–Kier alpha value is -3.67. The SMILES string of the molecule is O=[N+]([O-])c1ccc([C@@H](c2c[nH]cc2-c2ccccc2)n2ccnc2)cc1. The van der Waals surface area contributed by atoms with Crippen molar-refractivity contribution < 1.29 is 4.92 Å². The van der Waals surface area contributed by atoms with E-state index in [1.165, 1.54) is 12.1 Å². The molecule has 0 fully saturated rings. The summed E-state index contributed by atoms with van der Waals surface area (Å²) in [5.41, 5.74) is 4.29. The summed E-state index contributed by atoms with van der Waals surface area (Å²) in [5.74, 6) is 0. The predicted molar refractivity (Wildman–Crippen MR) is 98.8 cm³/mol. The van der Waals surface area contributed by atoms with Crippen LogP contribution in [0.3, 0.4) is 0 Å². The first-order valence-electron chi connectivity index (χ1n) is 8.18.